The highest BCUT2D eigenvalue weighted by Gasteiger charge is 2.15. The number of rotatable bonds is 4. The molecular weight excluding hydrogens is 254 g/mol. The zero-order chi connectivity index (χ0) is 13.9. The molecule has 1 aromatic carbocycles. The monoisotopic (exact) mass is 267 g/mol. The van der Waals surface area contributed by atoms with E-state index in [2.05, 4.69) is 4.98 Å². The summed E-state index contributed by atoms with van der Waals surface area (Å²) in [6, 6.07) is 12.8. The van der Waals surface area contributed by atoms with E-state index in [0.29, 0.717) is 12.1 Å². The first-order valence-electron chi connectivity index (χ1n) is 6.38. The Balaban J connectivity index is 1.94. The van der Waals surface area contributed by atoms with Crippen molar-refractivity contribution in [2.45, 2.75) is 13.0 Å². The molecule has 5 heteroatoms. The molecule has 0 saturated heterocycles. The third-order valence-corrected chi connectivity index (χ3v) is 3.30. The van der Waals surface area contributed by atoms with E-state index in [-0.39, 0.29) is 10.6 Å². The second-order valence-corrected chi connectivity index (χ2v) is 4.55. The molecule has 3 aromatic rings. The molecule has 0 aliphatic carbocycles. The summed E-state index contributed by atoms with van der Waals surface area (Å²) in [6.07, 6.45) is 4.39. The predicted octanol–water partition coefficient (Wildman–Crippen LogP) is 3.19. The Bertz CT molecular complexity index is 750. The highest BCUT2D eigenvalue weighted by molar-refractivity contribution is 5.88. The number of non-ortho nitro benzene ring substituents is 1. The van der Waals surface area contributed by atoms with Gasteiger partial charge in [0.15, 0.2) is 0 Å². The molecule has 3 rings (SSSR count). The number of aryl methyl sites for hydroxylation is 2. The number of hydrogen-bond acceptors (Lipinski definition) is 3. The van der Waals surface area contributed by atoms with Crippen LogP contribution in [-0.4, -0.2) is 14.5 Å². The molecule has 100 valence electrons. The lowest BCUT2D eigenvalue weighted by molar-refractivity contribution is -0.383. The molecular formula is C15H13N3O2. The smallest absolute Gasteiger partial charge is 0.293 e. The van der Waals surface area contributed by atoms with Crippen LogP contribution < -0.4 is 0 Å². The third-order valence-electron chi connectivity index (χ3n) is 3.30. The molecule has 0 aliphatic rings. The second kappa shape index (κ2) is 5.13. The molecule has 0 radical (unpaired) electrons. The van der Waals surface area contributed by atoms with E-state index < -0.39 is 0 Å². The fourth-order valence-corrected chi connectivity index (χ4v) is 2.36. The zero-order valence-corrected chi connectivity index (χ0v) is 10.8. The minimum Gasteiger partial charge on any atom is -0.342 e. The standard InChI is InChI=1S/C15H13N3O2/c19-18(20)14-6-3-4-12-7-10-17(15(12)14)11-8-13-5-1-2-9-16-13/h1-7,9-10H,8,11H2. The van der Waals surface area contributed by atoms with Crippen molar-refractivity contribution in [3.05, 3.63) is 70.7 Å². The number of pyridine rings is 1. The summed E-state index contributed by atoms with van der Waals surface area (Å²) in [6.45, 7) is 0.672. The average molecular weight is 267 g/mol. The van der Waals surface area contributed by atoms with E-state index in [1.165, 1.54) is 0 Å². The van der Waals surface area contributed by atoms with Crippen LogP contribution in [0.1, 0.15) is 5.69 Å². The lowest BCUT2D eigenvalue weighted by atomic mass is 10.2. The molecule has 0 saturated carbocycles. The SMILES string of the molecule is O=[N+]([O-])c1cccc2ccn(CCc3ccccn3)c12. The highest BCUT2D eigenvalue weighted by atomic mass is 16.6. The van der Waals surface area contributed by atoms with Crippen molar-refractivity contribution in [2.24, 2.45) is 0 Å². The Morgan fingerprint density at radius 2 is 2.05 bits per heavy atom. The van der Waals surface area contributed by atoms with Crippen molar-refractivity contribution in [1.29, 1.82) is 0 Å². The van der Waals surface area contributed by atoms with E-state index in [4.69, 9.17) is 0 Å². The minimum absolute atomic E-state index is 0.147. The Morgan fingerprint density at radius 3 is 2.80 bits per heavy atom. The molecule has 0 fully saturated rings. The number of para-hydroxylation sites is 1. The summed E-state index contributed by atoms with van der Waals surface area (Å²) in [5.41, 5.74) is 1.80. The minimum atomic E-state index is -0.334. The van der Waals surface area contributed by atoms with Crippen LogP contribution in [0.2, 0.25) is 0 Å². The van der Waals surface area contributed by atoms with Crippen LogP contribution in [0.4, 0.5) is 5.69 Å². The van der Waals surface area contributed by atoms with Gasteiger partial charge < -0.3 is 4.57 Å². The number of nitrogens with zero attached hydrogens (tertiary/aromatic N) is 3. The molecule has 0 N–H and O–H groups in total. The van der Waals surface area contributed by atoms with Crippen LogP contribution in [0.3, 0.4) is 0 Å². The maximum atomic E-state index is 11.1. The summed E-state index contributed by atoms with van der Waals surface area (Å²) in [7, 11) is 0. The molecule has 2 aromatic heterocycles. The fourth-order valence-electron chi connectivity index (χ4n) is 2.36. The van der Waals surface area contributed by atoms with E-state index in [0.717, 1.165) is 17.5 Å². The number of benzene rings is 1. The van der Waals surface area contributed by atoms with Crippen LogP contribution in [-0.2, 0) is 13.0 Å². The molecule has 0 bridgehead atoms. The third kappa shape index (κ3) is 2.25. The normalized spacial score (nSPS) is 10.8. The maximum Gasteiger partial charge on any atom is 0.293 e. The van der Waals surface area contributed by atoms with Crippen LogP contribution in [0, 0.1) is 10.1 Å². The Morgan fingerprint density at radius 1 is 1.15 bits per heavy atom. The van der Waals surface area contributed by atoms with Crippen LogP contribution in [0.25, 0.3) is 10.9 Å². The van der Waals surface area contributed by atoms with Gasteiger partial charge in [0.25, 0.3) is 5.69 Å². The van der Waals surface area contributed by atoms with Gasteiger partial charge in [-0.05, 0) is 18.2 Å². The van der Waals surface area contributed by atoms with Gasteiger partial charge in [0.1, 0.15) is 5.52 Å². The molecule has 2 heterocycles. The maximum absolute atomic E-state index is 11.1. The molecule has 0 aliphatic heterocycles. The Labute approximate surface area is 115 Å². The van der Waals surface area contributed by atoms with E-state index in [1.54, 1.807) is 18.3 Å². The van der Waals surface area contributed by atoms with Crippen molar-refractivity contribution in [3.8, 4) is 0 Å². The van der Waals surface area contributed by atoms with Crippen molar-refractivity contribution in [3.63, 3.8) is 0 Å². The molecule has 0 spiro atoms. The average Bonchev–Trinajstić information content (AvgIpc) is 2.89. The van der Waals surface area contributed by atoms with Gasteiger partial charge >= 0.3 is 0 Å². The molecule has 20 heavy (non-hydrogen) atoms. The van der Waals surface area contributed by atoms with Crippen LogP contribution in [0.5, 0.6) is 0 Å². The first kappa shape index (κ1) is 12.3. The highest BCUT2D eigenvalue weighted by Crippen LogP contribution is 2.26. The van der Waals surface area contributed by atoms with E-state index in [1.807, 2.05) is 41.1 Å². The molecule has 0 unspecified atom stereocenters. The number of hydrogen-bond donors (Lipinski definition) is 0. The lowest BCUT2D eigenvalue weighted by Crippen LogP contribution is -2.02. The Kier molecular flexibility index (Phi) is 3.16. The van der Waals surface area contributed by atoms with Crippen molar-refractivity contribution in [1.82, 2.24) is 9.55 Å². The summed E-state index contributed by atoms with van der Waals surface area (Å²) >= 11 is 0. The topological polar surface area (TPSA) is 61.0 Å². The quantitative estimate of drug-likeness (QED) is 0.538. The van der Waals surface area contributed by atoms with E-state index in [9.17, 15) is 10.1 Å². The van der Waals surface area contributed by atoms with Crippen LogP contribution in [0.15, 0.2) is 54.9 Å². The summed E-state index contributed by atoms with van der Waals surface area (Å²) in [5, 5.41) is 12.0. The van der Waals surface area contributed by atoms with Gasteiger partial charge in [-0.25, -0.2) is 0 Å². The molecule has 5 nitrogen and oxygen atoms in total. The number of nitro benzene ring substituents is 1. The second-order valence-electron chi connectivity index (χ2n) is 4.55. The first-order valence-corrected chi connectivity index (χ1v) is 6.38. The predicted molar refractivity (Wildman–Crippen MR) is 76.5 cm³/mol. The van der Waals surface area contributed by atoms with Gasteiger partial charge in [-0.15, -0.1) is 0 Å². The lowest BCUT2D eigenvalue weighted by Gasteiger charge is -2.05. The summed E-state index contributed by atoms with van der Waals surface area (Å²) < 4.78 is 1.92. The number of aromatic nitrogens is 2. The largest absolute Gasteiger partial charge is 0.342 e. The fraction of sp³-hybridized carbons (Fsp3) is 0.133. The van der Waals surface area contributed by atoms with Gasteiger partial charge in [0.2, 0.25) is 0 Å². The number of fused-ring (bicyclic) bond motifs is 1. The summed E-state index contributed by atoms with van der Waals surface area (Å²) in [5.74, 6) is 0. The van der Waals surface area contributed by atoms with Gasteiger partial charge in [-0.2, -0.15) is 0 Å². The van der Waals surface area contributed by atoms with Gasteiger partial charge in [0.05, 0.1) is 4.92 Å². The number of nitro groups is 1. The zero-order valence-electron chi connectivity index (χ0n) is 10.8. The van der Waals surface area contributed by atoms with Crippen molar-refractivity contribution in [2.75, 3.05) is 0 Å². The van der Waals surface area contributed by atoms with Crippen molar-refractivity contribution < 1.29 is 4.92 Å². The molecule has 0 atom stereocenters. The van der Waals surface area contributed by atoms with Gasteiger partial charge in [-0.1, -0.05) is 18.2 Å². The Hall–Kier alpha value is -2.69. The van der Waals surface area contributed by atoms with Gasteiger partial charge in [-0.3, -0.25) is 15.1 Å². The van der Waals surface area contributed by atoms with Crippen LogP contribution >= 0.6 is 0 Å². The molecule has 0 amide bonds. The van der Waals surface area contributed by atoms with Crippen molar-refractivity contribution >= 4 is 16.6 Å². The van der Waals surface area contributed by atoms with Gasteiger partial charge in [0, 0.05) is 42.5 Å². The first-order chi connectivity index (χ1) is 9.75. The summed E-state index contributed by atoms with van der Waals surface area (Å²) in [4.78, 5) is 15.1. The van der Waals surface area contributed by atoms with E-state index >= 15 is 0 Å².